The SMILES string of the molecule is [CH2]CCCCCCCCCCCCCCCOCC=C. The Labute approximate surface area is 128 Å². The number of hydrogen-bond donors (Lipinski definition) is 0. The molecule has 0 aromatic heterocycles. The molecular weight excluding hydrogens is 244 g/mol. The van der Waals surface area contributed by atoms with Crippen molar-refractivity contribution in [2.75, 3.05) is 13.2 Å². The zero-order valence-electron chi connectivity index (χ0n) is 13.7. The molecule has 0 aromatic rings. The van der Waals surface area contributed by atoms with Gasteiger partial charge in [-0.25, -0.2) is 0 Å². The average molecular weight is 282 g/mol. The molecule has 0 atom stereocenters. The number of unbranched alkanes of at least 4 members (excludes halogenated alkanes) is 13. The summed E-state index contributed by atoms with van der Waals surface area (Å²) in [4.78, 5) is 0. The van der Waals surface area contributed by atoms with Gasteiger partial charge in [0.1, 0.15) is 0 Å². The Morgan fingerprint density at radius 1 is 0.600 bits per heavy atom. The molecule has 0 aromatic carbocycles. The van der Waals surface area contributed by atoms with Crippen LogP contribution in [0.2, 0.25) is 0 Å². The third-order valence-electron chi connectivity index (χ3n) is 3.77. The van der Waals surface area contributed by atoms with Crippen LogP contribution in [-0.2, 0) is 4.74 Å². The van der Waals surface area contributed by atoms with Crippen LogP contribution in [0.4, 0.5) is 0 Å². The second-order valence-corrected chi connectivity index (χ2v) is 5.81. The monoisotopic (exact) mass is 281 g/mol. The summed E-state index contributed by atoms with van der Waals surface area (Å²) < 4.78 is 5.37. The molecule has 0 N–H and O–H groups in total. The first kappa shape index (κ1) is 19.7. The highest BCUT2D eigenvalue weighted by Crippen LogP contribution is 2.12. The Hall–Kier alpha value is -0.300. The van der Waals surface area contributed by atoms with Crippen molar-refractivity contribution in [2.24, 2.45) is 0 Å². The van der Waals surface area contributed by atoms with Gasteiger partial charge in [0.25, 0.3) is 0 Å². The highest BCUT2D eigenvalue weighted by Gasteiger charge is 1.94. The summed E-state index contributed by atoms with van der Waals surface area (Å²) in [5.41, 5.74) is 0. The van der Waals surface area contributed by atoms with E-state index in [1.807, 2.05) is 6.08 Å². The Morgan fingerprint density at radius 2 is 1.00 bits per heavy atom. The molecule has 1 radical (unpaired) electrons. The van der Waals surface area contributed by atoms with Gasteiger partial charge in [-0.15, -0.1) is 6.58 Å². The molecule has 0 amide bonds. The van der Waals surface area contributed by atoms with Crippen LogP contribution in [0, 0.1) is 6.92 Å². The molecule has 1 heteroatoms. The van der Waals surface area contributed by atoms with Gasteiger partial charge in [0.2, 0.25) is 0 Å². The highest BCUT2D eigenvalue weighted by atomic mass is 16.5. The van der Waals surface area contributed by atoms with Gasteiger partial charge < -0.3 is 4.74 Å². The zero-order valence-corrected chi connectivity index (χ0v) is 13.7. The maximum absolute atomic E-state index is 5.37. The first-order chi connectivity index (χ1) is 9.91. The minimum Gasteiger partial charge on any atom is -0.377 e. The van der Waals surface area contributed by atoms with Crippen LogP contribution in [0.25, 0.3) is 0 Å². The Morgan fingerprint density at radius 3 is 1.40 bits per heavy atom. The number of ether oxygens (including phenoxy) is 1. The average Bonchev–Trinajstić information content (AvgIpc) is 2.47. The second kappa shape index (κ2) is 18.7. The van der Waals surface area contributed by atoms with Crippen LogP contribution in [0.5, 0.6) is 0 Å². The molecule has 1 nitrogen and oxygen atoms in total. The predicted molar refractivity (Wildman–Crippen MR) is 91.0 cm³/mol. The second-order valence-electron chi connectivity index (χ2n) is 5.81. The summed E-state index contributed by atoms with van der Waals surface area (Å²) in [6.07, 6.45) is 21.0. The zero-order chi connectivity index (χ0) is 14.7. The van der Waals surface area contributed by atoms with Crippen LogP contribution in [0.1, 0.15) is 89.9 Å². The molecule has 0 fully saturated rings. The summed E-state index contributed by atoms with van der Waals surface area (Å²) in [5.74, 6) is 0. The van der Waals surface area contributed by atoms with Crippen molar-refractivity contribution in [2.45, 2.75) is 89.9 Å². The predicted octanol–water partition coefficient (Wildman–Crippen LogP) is 6.48. The lowest BCUT2D eigenvalue weighted by atomic mass is 10.0. The molecule has 119 valence electrons. The lowest BCUT2D eigenvalue weighted by molar-refractivity contribution is 0.157. The van der Waals surface area contributed by atoms with Crippen molar-refractivity contribution >= 4 is 0 Å². The van der Waals surface area contributed by atoms with E-state index >= 15 is 0 Å². The van der Waals surface area contributed by atoms with Crippen molar-refractivity contribution < 1.29 is 4.74 Å². The Kier molecular flexibility index (Phi) is 18.4. The maximum atomic E-state index is 5.37. The fourth-order valence-electron chi connectivity index (χ4n) is 2.49. The van der Waals surface area contributed by atoms with E-state index in [2.05, 4.69) is 13.5 Å². The van der Waals surface area contributed by atoms with Gasteiger partial charge in [0.15, 0.2) is 0 Å². The molecule has 0 unspecified atom stereocenters. The number of hydrogen-bond acceptors (Lipinski definition) is 1. The summed E-state index contributed by atoms with van der Waals surface area (Å²) in [7, 11) is 0. The fraction of sp³-hybridized carbons (Fsp3) is 0.842. The van der Waals surface area contributed by atoms with E-state index in [4.69, 9.17) is 4.74 Å². The maximum Gasteiger partial charge on any atom is 0.0644 e. The van der Waals surface area contributed by atoms with E-state index in [0.29, 0.717) is 6.61 Å². The van der Waals surface area contributed by atoms with Crippen molar-refractivity contribution in [1.82, 2.24) is 0 Å². The first-order valence-electron chi connectivity index (χ1n) is 8.89. The molecule has 0 spiro atoms. The Balaban J connectivity index is 2.90. The molecule has 0 aliphatic heterocycles. The molecule has 20 heavy (non-hydrogen) atoms. The van der Waals surface area contributed by atoms with Gasteiger partial charge in [-0.1, -0.05) is 96.5 Å². The third kappa shape index (κ3) is 17.7. The van der Waals surface area contributed by atoms with Gasteiger partial charge >= 0.3 is 0 Å². The molecule has 0 aliphatic carbocycles. The van der Waals surface area contributed by atoms with Crippen LogP contribution in [0.3, 0.4) is 0 Å². The minimum absolute atomic E-state index is 0.704. The largest absolute Gasteiger partial charge is 0.377 e. The van der Waals surface area contributed by atoms with Gasteiger partial charge in [0.05, 0.1) is 6.61 Å². The molecule has 0 heterocycles. The molecular formula is C19H37O. The molecule has 0 saturated heterocycles. The summed E-state index contributed by atoms with van der Waals surface area (Å²) >= 11 is 0. The first-order valence-corrected chi connectivity index (χ1v) is 8.89. The van der Waals surface area contributed by atoms with Gasteiger partial charge in [0, 0.05) is 6.61 Å². The number of rotatable bonds is 17. The standard InChI is InChI=1S/C19H37O/c1-3-5-6-7-8-9-10-11-12-13-14-15-16-17-19-20-18-4-2/h4H,1-3,5-19H2. The minimum atomic E-state index is 0.704. The molecule has 0 saturated carbocycles. The molecule has 0 rings (SSSR count). The van der Waals surface area contributed by atoms with E-state index in [0.717, 1.165) is 13.0 Å². The smallest absolute Gasteiger partial charge is 0.0644 e. The lowest BCUT2D eigenvalue weighted by Gasteiger charge is -2.03. The van der Waals surface area contributed by atoms with Gasteiger partial charge in [-0.05, 0) is 6.42 Å². The third-order valence-corrected chi connectivity index (χ3v) is 3.77. The van der Waals surface area contributed by atoms with Crippen LogP contribution < -0.4 is 0 Å². The van der Waals surface area contributed by atoms with E-state index in [9.17, 15) is 0 Å². The quantitative estimate of drug-likeness (QED) is 0.219. The van der Waals surface area contributed by atoms with Crippen LogP contribution in [0.15, 0.2) is 12.7 Å². The van der Waals surface area contributed by atoms with E-state index in [1.54, 1.807) is 0 Å². The summed E-state index contributed by atoms with van der Waals surface area (Å²) in [6.45, 7) is 9.13. The van der Waals surface area contributed by atoms with Crippen molar-refractivity contribution in [3.63, 3.8) is 0 Å². The Bertz CT molecular complexity index is 177. The van der Waals surface area contributed by atoms with Crippen molar-refractivity contribution in [3.05, 3.63) is 19.6 Å². The topological polar surface area (TPSA) is 9.23 Å². The normalized spacial score (nSPS) is 10.8. The van der Waals surface area contributed by atoms with E-state index < -0.39 is 0 Å². The van der Waals surface area contributed by atoms with Crippen molar-refractivity contribution in [1.29, 1.82) is 0 Å². The van der Waals surface area contributed by atoms with Gasteiger partial charge in [-0.3, -0.25) is 0 Å². The van der Waals surface area contributed by atoms with E-state index in [-0.39, 0.29) is 0 Å². The lowest BCUT2D eigenvalue weighted by Crippen LogP contribution is -1.93. The summed E-state index contributed by atoms with van der Waals surface area (Å²) in [6, 6.07) is 0. The van der Waals surface area contributed by atoms with E-state index in [1.165, 1.54) is 83.5 Å². The van der Waals surface area contributed by atoms with Crippen molar-refractivity contribution in [3.8, 4) is 0 Å². The fourth-order valence-corrected chi connectivity index (χ4v) is 2.49. The molecule has 0 aliphatic rings. The van der Waals surface area contributed by atoms with Crippen LogP contribution >= 0.6 is 0 Å². The summed E-state index contributed by atoms with van der Waals surface area (Å²) in [5, 5.41) is 0. The highest BCUT2D eigenvalue weighted by molar-refractivity contribution is 4.63. The van der Waals surface area contributed by atoms with Crippen LogP contribution in [-0.4, -0.2) is 13.2 Å². The van der Waals surface area contributed by atoms with Gasteiger partial charge in [-0.2, -0.15) is 0 Å². The molecule has 0 bridgehead atoms.